The Labute approximate surface area is 124 Å². The monoisotopic (exact) mass is 287 g/mol. The molecule has 0 saturated heterocycles. The molecule has 0 aliphatic rings. The molecule has 2 rings (SSSR count). The Morgan fingerprint density at radius 3 is 2.62 bits per heavy atom. The first-order valence-corrected chi connectivity index (χ1v) is 6.81. The van der Waals surface area contributed by atoms with Crippen molar-refractivity contribution >= 4 is 5.91 Å². The first-order valence-electron chi connectivity index (χ1n) is 6.81. The van der Waals surface area contributed by atoms with E-state index in [1.807, 2.05) is 52.1 Å². The van der Waals surface area contributed by atoms with Gasteiger partial charge >= 0.3 is 0 Å². The zero-order valence-electron chi connectivity index (χ0n) is 13.1. The summed E-state index contributed by atoms with van der Waals surface area (Å²) in [4.78, 5) is 12.2. The van der Waals surface area contributed by atoms with Gasteiger partial charge in [-0.25, -0.2) is 0 Å². The van der Waals surface area contributed by atoms with Crippen molar-refractivity contribution in [3.8, 4) is 17.0 Å². The smallest absolute Gasteiger partial charge is 0.272 e. The van der Waals surface area contributed by atoms with Crippen molar-refractivity contribution in [3.63, 3.8) is 0 Å². The van der Waals surface area contributed by atoms with E-state index in [1.54, 1.807) is 17.9 Å². The maximum atomic E-state index is 12.2. The van der Waals surface area contributed by atoms with E-state index in [4.69, 9.17) is 4.74 Å². The molecular weight excluding hydrogens is 266 g/mol. The SMILES string of the molecule is COc1cccc(-c2cc(C(=O)NC(C)(C)C)nn2C)c1. The van der Waals surface area contributed by atoms with Gasteiger partial charge < -0.3 is 10.1 Å². The minimum atomic E-state index is -0.287. The molecule has 0 spiro atoms. The summed E-state index contributed by atoms with van der Waals surface area (Å²) in [5.41, 5.74) is 1.95. The summed E-state index contributed by atoms with van der Waals surface area (Å²) in [6, 6.07) is 9.46. The molecule has 21 heavy (non-hydrogen) atoms. The van der Waals surface area contributed by atoms with Crippen molar-refractivity contribution in [2.45, 2.75) is 26.3 Å². The first kappa shape index (κ1) is 15.1. The van der Waals surface area contributed by atoms with Crippen molar-refractivity contribution in [1.82, 2.24) is 15.1 Å². The molecular formula is C16H21N3O2. The molecule has 1 amide bonds. The Balaban J connectivity index is 2.33. The Morgan fingerprint density at radius 1 is 1.29 bits per heavy atom. The number of benzene rings is 1. The Bertz CT molecular complexity index is 654. The highest BCUT2D eigenvalue weighted by atomic mass is 16.5. The molecule has 5 nitrogen and oxygen atoms in total. The topological polar surface area (TPSA) is 56.1 Å². The quantitative estimate of drug-likeness (QED) is 0.944. The molecule has 0 aliphatic carbocycles. The summed E-state index contributed by atoms with van der Waals surface area (Å²) >= 11 is 0. The second kappa shape index (κ2) is 5.60. The van der Waals surface area contributed by atoms with E-state index in [0.717, 1.165) is 17.0 Å². The van der Waals surface area contributed by atoms with E-state index in [0.29, 0.717) is 5.69 Å². The summed E-state index contributed by atoms with van der Waals surface area (Å²) in [5.74, 6) is 0.599. The third kappa shape index (κ3) is 3.62. The molecule has 0 fully saturated rings. The van der Waals surface area contributed by atoms with E-state index in [2.05, 4.69) is 10.4 Å². The third-order valence-corrected chi connectivity index (χ3v) is 2.97. The number of carbonyl (C=O) groups excluding carboxylic acids is 1. The predicted octanol–water partition coefficient (Wildman–Crippen LogP) is 2.62. The maximum absolute atomic E-state index is 12.2. The van der Waals surface area contributed by atoms with Gasteiger partial charge in [0.25, 0.3) is 5.91 Å². The number of hydrogen-bond donors (Lipinski definition) is 1. The molecule has 2 aromatic rings. The average molecular weight is 287 g/mol. The number of nitrogens with zero attached hydrogens (tertiary/aromatic N) is 2. The lowest BCUT2D eigenvalue weighted by Crippen LogP contribution is -2.40. The highest BCUT2D eigenvalue weighted by Gasteiger charge is 2.19. The van der Waals surface area contributed by atoms with Gasteiger partial charge in [-0.1, -0.05) is 12.1 Å². The van der Waals surface area contributed by atoms with Gasteiger partial charge in [-0.3, -0.25) is 9.48 Å². The van der Waals surface area contributed by atoms with Crippen LogP contribution in [0.3, 0.4) is 0 Å². The summed E-state index contributed by atoms with van der Waals surface area (Å²) < 4.78 is 6.93. The second-order valence-corrected chi connectivity index (χ2v) is 5.97. The number of carbonyl (C=O) groups is 1. The number of nitrogens with one attached hydrogen (secondary N) is 1. The Morgan fingerprint density at radius 2 is 2.00 bits per heavy atom. The van der Waals surface area contributed by atoms with Gasteiger partial charge in [0, 0.05) is 18.2 Å². The molecule has 1 N–H and O–H groups in total. The molecule has 0 radical (unpaired) electrons. The van der Waals surface area contributed by atoms with Crippen LogP contribution in [0.4, 0.5) is 0 Å². The molecule has 0 saturated carbocycles. The molecule has 0 unspecified atom stereocenters. The van der Waals surface area contributed by atoms with Gasteiger partial charge in [0.05, 0.1) is 12.8 Å². The molecule has 1 heterocycles. The largest absolute Gasteiger partial charge is 0.497 e. The van der Waals surface area contributed by atoms with Gasteiger partial charge in [0.15, 0.2) is 5.69 Å². The first-order chi connectivity index (χ1) is 9.80. The number of methoxy groups -OCH3 is 1. The Kier molecular flexibility index (Phi) is 4.02. The van der Waals surface area contributed by atoms with E-state index < -0.39 is 0 Å². The van der Waals surface area contributed by atoms with Gasteiger partial charge in [0.1, 0.15) is 5.75 Å². The van der Waals surface area contributed by atoms with Crippen molar-refractivity contribution < 1.29 is 9.53 Å². The fraction of sp³-hybridized carbons (Fsp3) is 0.375. The lowest BCUT2D eigenvalue weighted by molar-refractivity contribution is 0.0913. The highest BCUT2D eigenvalue weighted by Crippen LogP contribution is 2.24. The van der Waals surface area contributed by atoms with Crippen LogP contribution in [0.5, 0.6) is 5.75 Å². The molecule has 1 aromatic carbocycles. The standard InChI is InChI=1S/C16H21N3O2/c1-16(2,3)17-15(20)13-10-14(19(4)18-13)11-7-6-8-12(9-11)21-5/h6-10H,1-5H3,(H,17,20). The summed E-state index contributed by atoms with van der Waals surface area (Å²) in [7, 11) is 3.45. The summed E-state index contributed by atoms with van der Waals surface area (Å²) in [6.45, 7) is 5.82. The zero-order chi connectivity index (χ0) is 15.6. The van der Waals surface area contributed by atoms with Crippen LogP contribution in [0.25, 0.3) is 11.3 Å². The number of rotatable bonds is 3. The normalized spacial score (nSPS) is 11.3. The van der Waals surface area contributed by atoms with Gasteiger partial charge in [0.2, 0.25) is 0 Å². The minimum Gasteiger partial charge on any atom is -0.497 e. The van der Waals surface area contributed by atoms with Gasteiger partial charge in [-0.05, 0) is 39.0 Å². The van der Waals surface area contributed by atoms with Crippen LogP contribution in [0, 0.1) is 0 Å². The van der Waals surface area contributed by atoms with E-state index in [1.165, 1.54) is 0 Å². The van der Waals surface area contributed by atoms with E-state index >= 15 is 0 Å². The van der Waals surface area contributed by atoms with Crippen molar-refractivity contribution in [1.29, 1.82) is 0 Å². The van der Waals surface area contributed by atoms with Crippen LogP contribution in [0.1, 0.15) is 31.3 Å². The molecule has 0 aliphatic heterocycles. The van der Waals surface area contributed by atoms with Crippen LogP contribution < -0.4 is 10.1 Å². The molecule has 0 bridgehead atoms. The fourth-order valence-electron chi connectivity index (χ4n) is 2.04. The number of hydrogen-bond acceptors (Lipinski definition) is 3. The number of aryl methyl sites for hydroxylation is 1. The number of ether oxygens (including phenoxy) is 1. The molecule has 0 atom stereocenters. The highest BCUT2D eigenvalue weighted by molar-refractivity contribution is 5.93. The van der Waals surface area contributed by atoms with Crippen LogP contribution in [-0.2, 0) is 7.05 Å². The van der Waals surface area contributed by atoms with E-state index in [9.17, 15) is 4.79 Å². The maximum Gasteiger partial charge on any atom is 0.272 e. The minimum absolute atomic E-state index is 0.174. The third-order valence-electron chi connectivity index (χ3n) is 2.97. The van der Waals surface area contributed by atoms with Crippen LogP contribution in [0.15, 0.2) is 30.3 Å². The second-order valence-electron chi connectivity index (χ2n) is 5.97. The van der Waals surface area contributed by atoms with Crippen LogP contribution >= 0.6 is 0 Å². The lowest BCUT2D eigenvalue weighted by atomic mass is 10.1. The zero-order valence-corrected chi connectivity index (χ0v) is 13.1. The average Bonchev–Trinajstić information content (AvgIpc) is 2.79. The molecule has 112 valence electrons. The lowest BCUT2D eigenvalue weighted by Gasteiger charge is -2.19. The molecule has 5 heteroatoms. The Hall–Kier alpha value is -2.30. The molecule has 1 aromatic heterocycles. The van der Waals surface area contributed by atoms with Gasteiger partial charge in [-0.15, -0.1) is 0 Å². The van der Waals surface area contributed by atoms with Crippen molar-refractivity contribution in [2.24, 2.45) is 7.05 Å². The fourth-order valence-corrected chi connectivity index (χ4v) is 2.04. The summed E-state index contributed by atoms with van der Waals surface area (Å²) in [5, 5.41) is 7.20. The van der Waals surface area contributed by atoms with Crippen LogP contribution in [0.2, 0.25) is 0 Å². The number of amides is 1. The van der Waals surface area contributed by atoms with Gasteiger partial charge in [-0.2, -0.15) is 5.10 Å². The van der Waals surface area contributed by atoms with Crippen molar-refractivity contribution in [3.05, 3.63) is 36.0 Å². The summed E-state index contributed by atoms with van der Waals surface area (Å²) in [6.07, 6.45) is 0. The number of aromatic nitrogens is 2. The van der Waals surface area contributed by atoms with E-state index in [-0.39, 0.29) is 11.4 Å². The predicted molar refractivity (Wildman–Crippen MR) is 82.4 cm³/mol. The van der Waals surface area contributed by atoms with Crippen LogP contribution in [-0.4, -0.2) is 28.3 Å². The van der Waals surface area contributed by atoms with Crippen molar-refractivity contribution in [2.75, 3.05) is 7.11 Å².